The summed E-state index contributed by atoms with van der Waals surface area (Å²) in [6, 6.07) is 11.2. The molecule has 0 spiro atoms. The first-order valence-electron chi connectivity index (χ1n) is 13.0. The van der Waals surface area contributed by atoms with E-state index in [4.69, 9.17) is 22.9 Å². The summed E-state index contributed by atoms with van der Waals surface area (Å²) >= 11 is 1.25. The van der Waals surface area contributed by atoms with Crippen LogP contribution in [-0.4, -0.2) is 69.4 Å². The van der Waals surface area contributed by atoms with Gasteiger partial charge in [-0.05, 0) is 42.7 Å². The molecule has 0 aliphatic heterocycles. The van der Waals surface area contributed by atoms with Crippen molar-refractivity contribution in [3.8, 4) is 0 Å². The van der Waals surface area contributed by atoms with Crippen LogP contribution in [-0.2, 0) is 25.2 Å². The Hall–Kier alpha value is -3.98. The fourth-order valence-electron chi connectivity index (χ4n) is 3.95. The van der Waals surface area contributed by atoms with Crippen molar-refractivity contribution in [1.82, 2.24) is 10.6 Å². The van der Waals surface area contributed by atoms with Crippen molar-refractivity contribution in [2.45, 2.75) is 37.5 Å². The van der Waals surface area contributed by atoms with Crippen molar-refractivity contribution < 1.29 is 22.8 Å². The molecule has 10 N–H and O–H groups in total. The van der Waals surface area contributed by atoms with Gasteiger partial charge in [-0.2, -0.15) is 0 Å². The van der Waals surface area contributed by atoms with Crippen LogP contribution in [0.15, 0.2) is 57.8 Å². The van der Waals surface area contributed by atoms with Gasteiger partial charge < -0.3 is 33.6 Å². The molecular weight excluding hydrogens is 568 g/mol. The number of sulfone groups is 1. The molecule has 0 unspecified atom stereocenters. The summed E-state index contributed by atoms with van der Waals surface area (Å²) in [6.07, 6.45) is 1.25. The Labute approximate surface area is 243 Å². The summed E-state index contributed by atoms with van der Waals surface area (Å²) in [4.78, 5) is 47.0. The fraction of sp³-hybridized carbons (Fsp3) is 0.423. The highest BCUT2D eigenvalue weighted by Gasteiger charge is 2.27. The zero-order valence-electron chi connectivity index (χ0n) is 22.7. The smallest absolute Gasteiger partial charge is 0.239 e. The van der Waals surface area contributed by atoms with E-state index in [-0.39, 0.29) is 49.4 Å². The number of thiophene rings is 1. The molecule has 0 bridgehead atoms. The van der Waals surface area contributed by atoms with Crippen LogP contribution < -0.4 is 33.6 Å². The summed E-state index contributed by atoms with van der Waals surface area (Å²) in [5, 5.41) is 6.93. The van der Waals surface area contributed by atoms with Crippen molar-refractivity contribution in [2.75, 3.05) is 25.4 Å². The van der Waals surface area contributed by atoms with Gasteiger partial charge in [0, 0.05) is 13.1 Å². The highest BCUT2D eigenvalue weighted by atomic mass is 32.2. The molecule has 0 aliphatic carbocycles. The second kappa shape index (κ2) is 17.0. The molecule has 1 aromatic heterocycles. The average Bonchev–Trinajstić information content (AvgIpc) is 3.45. The molecule has 0 radical (unpaired) electrons. The number of hydrogen-bond donors (Lipinski definition) is 6. The first-order chi connectivity index (χ1) is 19.5. The highest BCUT2D eigenvalue weighted by Crippen LogP contribution is 2.16. The number of benzene rings is 1. The van der Waals surface area contributed by atoms with Crippen LogP contribution >= 0.6 is 11.3 Å². The van der Waals surface area contributed by atoms with E-state index in [2.05, 4.69) is 20.6 Å². The third-order valence-electron chi connectivity index (χ3n) is 5.84. The van der Waals surface area contributed by atoms with E-state index in [0.717, 1.165) is 0 Å². The van der Waals surface area contributed by atoms with Gasteiger partial charge in [-0.1, -0.05) is 36.4 Å². The average molecular weight is 607 g/mol. The van der Waals surface area contributed by atoms with Crippen molar-refractivity contribution in [2.24, 2.45) is 38.8 Å². The first-order valence-corrected chi connectivity index (χ1v) is 15.7. The Morgan fingerprint density at radius 3 is 2.10 bits per heavy atom. The van der Waals surface area contributed by atoms with Gasteiger partial charge in [0.2, 0.25) is 11.8 Å². The van der Waals surface area contributed by atoms with E-state index in [0.29, 0.717) is 23.3 Å². The molecule has 2 amide bonds. The molecule has 0 saturated heterocycles. The SMILES string of the molecule is NC(N)=NCCC[C@@H](CS(=O)(=O)Cc1ccccc1)C(=O)NCC(=O)N[C@@H](CCCN=C(N)N)C(=O)c1cccs1. The number of nitrogens with one attached hydrogen (secondary N) is 2. The Kier molecular flexibility index (Phi) is 13.8. The monoisotopic (exact) mass is 606 g/mol. The van der Waals surface area contributed by atoms with Gasteiger partial charge in [0.15, 0.2) is 27.5 Å². The number of nitrogens with two attached hydrogens (primary N) is 4. The number of amides is 2. The second-order valence-electron chi connectivity index (χ2n) is 9.31. The number of nitrogens with zero attached hydrogens (tertiary/aromatic N) is 2. The van der Waals surface area contributed by atoms with E-state index >= 15 is 0 Å². The van der Waals surface area contributed by atoms with E-state index in [9.17, 15) is 22.8 Å². The van der Waals surface area contributed by atoms with Crippen molar-refractivity contribution in [3.63, 3.8) is 0 Å². The number of aliphatic imine (C=N–C) groups is 2. The molecule has 1 aromatic carbocycles. The summed E-state index contributed by atoms with van der Waals surface area (Å²) in [7, 11) is -3.66. The van der Waals surface area contributed by atoms with Crippen molar-refractivity contribution in [1.29, 1.82) is 0 Å². The van der Waals surface area contributed by atoms with Gasteiger partial charge >= 0.3 is 0 Å². The van der Waals surface area contributed by atoms with Crippen LogP contribution in [0.2, 0.25) is 0 Å². The van der Waals surface area contributed by atoms with Gasteiger partial charge in [-0.3, -0.25) is 24.4 Å². The fourth-order valence-corrected chi connectivity index (χ4v) is 6.42. The largest absolute Gasteiger partial charge is 0.370 e. The Morgan fingerprint density at radius 2 is 1.51 bits per heavy atom. The van der Waals surface area contributed by atoms with Gasteiger partial charge in [0.1, 0.15) is 0 Å². The lowest BCUT2D eigenvalue weighted by atomic mass is 10.0. The maximum absolute atomic E-state index is 13.0. The molecule has 2 atom stereocenters. The van der Waals surface area contributed by atoms with Crippen molar-refractivity contribution >= 4 is 50.7 Å². The number of carbonyl (C=O) groups is 3. The Bertz CT molecular complexity index is 1290. The third kappa shape index (κ3) is 13.3. The van der Waals surface area contributed by atoms with Crippen molar-refractivity contribution in [3.05, 3.63) is 58.3 Å². The molecule has 15 heteroatoms. The zero-order valence-corrected chi connectivity index (χ0v) is 24.3. The van der Waals surface area contributed by atoms with E-state index in [1.54, 1.807) is 47.8 Å². The van der Waals surface area contributed by atoms with Gasteiger partial charge in [0.05, 0.1) is 34.9 Å². The normalized spacial score (nSPS) is 12.5. The third-order valence-corrected chi connectivity index (χ3v) is 8.41. The standard InChI is InChI=1S/C26H38N8O5S2/c27-25(28)31-12-4-9-19(17-41(38,39)16-18-7-2-1-3-8-18)24(37)33-15-22(35)34-20(10-5-13-32-26(29)30)23(36)21-11-6-14-40-21/h1-3,6-8,11,14,19-20H,4-5,9-10,12-13,15-17H2,(H,33,37)(H,34,35)(H4,27,28,31)(H4,29,30,32)/t19-,20-/m0/s1. The molecule has 0 saturated carbocycles. The van der Waals surface area contributed by atoms with Crippen LogP contribution in [0.1, 0.15) is 40.9 Å². The predicted octanol–water partition coefficient (Wildman–Crippen LogP) is -0.130. The van der Waals surface area contributed by atoms with Crippen LogP contribution in [0.3, 0.4) is 0 Å². The van der Waals surface area contributed by atoms with Gasteiger partial charge in [-0.15, -0.1) is 11.3 Å². The minimum atomic E-state index is -3.66. The number of guanidine groups is 2. The summed E-state index contributed by atoms with van der Waals surface area (Å²) in [6.45, 7) is 0.0595. The lowest BCUT2D eigenvalue weighted by Gasteiger charge is -2.19. The quantitative estimate of drug-likeness (QED) is 0.0572. The molecule has 41 heavy (non-hydrogen) atoms. The molecule has 2 aromatic rings. The minimum absolute atomic E-state index is 0.0727. The van der Waals surface area contributed by atoms with E-state index in [1.807, 2.05) is 0 Å². The van der Waals surface area contributed by atoms with Crippen LogP contribution in [0, 0.1) is 5.92 Å². The van der Waals surface area contributed by atoms with Gasteiger partial charge in [-0.25, -0.2) is 8.42 Å². The maximum atomic E-state index is 13.0. The molecule has 2 rings (SSSR count). The highest BCUT2D eigenvalue weighted by molar-refractivity contribution is 7.90. The number of rotatable bonds is 18. The predicted molar refractivity (Wildman–Crippen MR) is 161 cm³/mol. The lowest BCUT2D eigenvalue weighted by molar-refractivity contribution is -0.128. The molecule has 0 fully saturated rings. The van der Waals surface area contributed by atoms with E-state index < -0.39 is 45.9 Å². The molecule has 13 nitrogen and oxygen atoms in total. The maximum Gasteiger partial charge on any atom is 0.239 e. The number of Topliss-reactive ketones (excluding diaryl/α,β-unsaturated/α-hetero) is 1. The number of carbonyl (C=O) groups excluding carboxylic acids is 3. The Balaban J connectivity index is 2.03. The summed E-state index contributed by atoms with van der Waals surface area (Å²) < 4.78 is 25.8. The minimum Gasteiger partial charge on any atom is -0.370 e. The summed E-state index contributed by atoms with van der Waals surface area (Å²) in [5.74, 6) is -3.22. The van der Waals surface area contributed by atoms with Gasteiger partial charge in [0.25, 0.3) is 0 Å². The first kappa shape index (κ1) is 33.2. The molecule has 1 heterocycles. The summed E-state index contributed by atoms with van der Waals surface area (Å²) in [5.41, 5.74) is 22.0. The molecule has 0 aliphatic rings. The second-order valence-corrected chi connectivity index (χ2v) is 12.4. The number of ketones is 1. The van der Waals surface area contributed by atoms with Crippen LogP contribution in [0.25, 0.3) is 0 Å². The molecule has 224 valence electrons. The zero-order chi connectivity index (χ0) is 30.3. The topological polar surface area (TPSA) is 238 Å². The van der Waals surface area contributed by atoms with Crippen LogP contribution in [0.4, 0.5) is 0 Å². The number of hydrogen-bond acceptors (Lipinski definition) is 8. The van der Waals surface area contributed by atoms with Crippen LogP contribution in [0.5, 0.6) is 0 Å². The lowest BCUT2D eigenvalue weighted by Crippen LogP contribution is -2.47. The molecular formula is C26H38N8O5S2. The van der Waals surface area contributed by atoms with E-state index in [1.165, 1.54) is 11.3 Å². The Morgan fingerprint density at radius 1 is 0.878 bits per heavy atom.